The number of aromatic nitrogens is 3. The van der Waals surface area contributed by atoms with Gasteiger partial charge in [-0.05, 0) is 32.0 Å². The van der Waals surface area contributed by atoms with Crippen LogP contribution in [0.3, 0.4) is 0 Å². The van der Waals surface area contributed by atoms with Crippen molar-refractivity contribution < 1.29 is 9.26 Å². The fourth-order valence-corrected chi connectivity index (χ4v) is 1.87. The monoisotopic (exact) mass is 290 g/mol. The van der Waals surface area contributed by atoms with E-state index in [1.165, 1.54) is 0 Å². The Morgan fingerprint density at radius 1 is 1.24 bits per heavy atom. The van der Waals surface area contributed by atoms with E-state index in [9.17, 15) is 0 Å². The molecule has 0 bridgehead atoms. The summed E-state index contributed by atoms with van der Waals surface area (Å²) in [5.41, 5.74) is 1.88. The molecule has 0 aromatic carbocycles. The van der Waals surface area contributed by atoms with Gasteiger partial charge >= 0.3 is 0 Å². The highest BCUT2D eigenvalue weighted by Gasteiger charge is 2.09. The van der Waals surface area contributed by atoms with Crippen molar-refractivity contribution in [3.05, 3.63) is 35.2 Å². The first-order valence-corrected chi connectivity index (χ1v) is 7.34. The smallest absolute Gasteiger partial charge is 0.264 e. The van der Waals surface area contributed by atoms with Crippen LogP contribution >= 0.6 is 0 Å². The van der Waals surface area contributed by atoms with E-state index in [1.54, 1.807) is 0 Å². The quantitative estimate of drug-likeness (QED) is 0.753. The third kappa shape index (κ3) is 4.53. The average Bonchev–Trinajstić information content (AvgIpc) is 2.95. The van der Waals surface area contributed by atoms with Gasteiger partial charge in [0.1, 0.15) is 5.75 Å². The standard InChI is InChI=1S/C15H22N4O2/c1-4-8-16-9-12-13(7-6-11(3)17-12)20-10-15-18-14(5-2)19-21-15/h6-7,16H,4-5,8-10H2,1-3H3. The number of nitrogens with one attached hydrogen (secondary N) is 1. The van der Waals surface area contributed by atoms with Crippen LogP contribution in [0.4, 0.5) is 0 Å². The van der Waals surface area contributed by atoms with Gasteiger partial charge in [0, 0.05) is 18.7 Å². The van der Waals surface area contributed by atoms with Crippen molar-refractivity contribution in [2.24, 2.45) is 0 Å². The molecule has 2 rings (SSSR count). The Morgan fingerprint density at radius 2 is 2.10 bits per heavy atom. The van der Waals surface area contributed by atoms with Gasteiger partial charge in [0.15, 0.2) is 12.4 Å². The second-order valence-corrected chi connectivity index (χ2v) is 4.82. The SMILES string of the molecule is CCCNCc1nc(C)ccc1OCc1nc(CC)no1. The summed E-state index contributed by atoms with van der Waals surface area (Å²) >= 11 is 0. The summed E-state index contributed by atoms with van der Waals surface area (Å²) in [6.07, 6.45) is 1.84. The topological polar surface area (TPSA) is 73.1 Å². The molecule has 0 fully saturated rings. The van der Waals surface area contributed by atoms with Crippen molar-refractivity contribution >= 4 is 0 Å². The van der Waals surface area contributed by atoms with E-state index in [4.69, 9.17) is 9.26 Å². The van der Waals surface area contributed by atoms with Gasteiger partial charge in [-0.2, -0.15) is 4.98 Å². The number of nitrogens with zero attached hydrogens (tertiary/aromatic N) is 3. The molecule has 0 aliphatic heterocycles. The molecule has 0 saturated carbocycles. The summed E-state index contributed by atoms with van der Waals surface area (Å²) in [5.74, 6) is 1.93. The van der Waals surface area contributed by atoms with Gasteiger partial charge in [-0.1, -0.05) is 19.0 Å². The van der Waals surface area contributed by atoms with Gasteiger partial charge < -0.3 is 14.6 Å². The van der Waals surface area contributed by atoms with Crippen molar-refractivity contribution in [1.29, 1.82) is 0 Å². The van der Waals surface area contributed by atoms with Gasteiger partial charge in [-0.3, -0.25) is 4.98 Å². The molecule has 114 valence electrons. The Balaban J connectivity index is 2.00. The molecule has 0 unspecified atom stereocenters. The molecule has 0 spiro atoms. The fraction of sp³-hybridized carbons (Fsp3) is 0.533. The Labute approximate surface area is 124 Å². The summed E-state index contributed by atoms with van der Waals surface area (Å²) in [5, 5.41) is 7.19. The first-order valence-electron chi connectivity index (χ1n) is 7.34. The highest BCUT2D eigenvalue weighted by atomic mass is 16.5. The number of rotatable bonds is 8. The second kappa shape index (κ2) is 7.73. The molecule has 0 saturated heterocycles. The summed E-state index contributed by atoms with van der Waals surface area (Å²) in [6, 6.07) is 3.87. The minimum absolute atomic E-state index is 0.262. The average molecular weight is 290 g/mol. The molecule has 1 N–H and O–H groups in total. The van der Waals surface area contributed by atoms with Crippen molar-refractivity contribution in [2.45, 2.75) is 46.8 Å². The van der Waals surface area contributed by atoms with Crippen LogP contribution in [-0.2, 0) is 19.6 Å². The number of hydrogen-bond donors (Lipinski definition) is 1. The van der Waals surface area contributed by atoms with Crippen LogP contribution in [0.25, 0.3) is 0 Å². The first kappa shape index (κ1) is 15.4. The lowest BCUT2D eigenvalue weighted by molar-refractivity contribution is 0.239. The Kier molecular flexibility index (Phi) is 5.68. The Morgan fingerprint density at radius 3 is 2.81 bits per heavy atom. The van der Waals surface area contributed by atoms with Crippen molar-refractivity contribution in [3.8, 4) is 5.75 Å². The van der Waals surface area contributed by atoms with Crippen LogP contribution in [0.5, 0.6) is 5.75 Å². The number of pyridine rings is 1. The van der Waals surface area contributed by atoms with Crippen LogP contribution in [0.1, 0.15) is 43.4 Å². The zero-order valence-corrected chi connectivity index (χ0v) is 12.8. The maximum absolute atomic E-state index is 5.77. The van der Waals surface area contributed by atoms with Crippen LogP contribution in [0, 0.1) is 6.92 Å². The van der Waals surface area contributed by atoms with E-state index >= 15 is 0 Å². The van der Waals surface area contributed by atoms with Crippen molar-refractivity contribution in [3.63, 3.8) is 0 Å². The van der Waals surface area contributed by atoms with E-state index in [0.717, 1.165) is 36.5 Å². The maximum Gasteiger partial charge on any atom is 0.264 e. The van der Waals surface area contributed by atoms with Crippen LogP contribution < -0.4 is 10.1 Å². The summed E-state index contributed by atoms with van der Waals surface area (Å²) < 4.78 is 10.9. The van der Waals surface area contributed by atoms with Gasteiger partial charge in [0.05, 0.1) is 5.69 Å². The number of aryl methyl sites for hydroxylation is 2. The maximum atomic E-state index is 5.77. The van der Waals surface area contributed by atoms with Crippen molar-refractivity contribution in [1.82, 2.24) is 20.4 Å². The zero-order valence-electron chi connectivity index (χ0n) is 12.8. The van der Waals surface area contributed by atoms with Gasteiger partial charge in [0.25, 0.3) is 5.89 Å². The van der Waals surface area contributed by atoms with Crippen molar-refractivity contribution in [2.75, 3.05) is 6.54 Å². The van der Waals surface area contributed by atoms with E-state index in [-0.39, 0.29) is 6.61 Å². The molecule has 21 heavy (non-hydrogen) atoms. The highest BCUT2D eigenvalue weighted by Crippen LogP contribution is 2.18. The first-order chi connectivity index (χ1) is 10.2. The number of hydrogen-bond acceptors (Lipinski definition) is 6. The van der Waals surface area contributed by atoms with Crippen LogP contribution in [0.15, 0.2) is 16.7 Å². The molecule has 0 radical (unpaired) electrons. The molecule has 6 heteroatoms. The Hall–Kier alpha value is -1.95. The number of ether oxygens (including phenoxy) is 1. The predicted octanol–water partition coefficient (Wildman–Crippen LogP) is 2.41. The van der Waals surface area contributed by atoms with E-state index in [0.29, 0.717) is 18.3 Å². The molecule has 2 aromatic rings. The molecule has 6 nitrogen and oxygen atoms in total. The lowest BCUT2D eigenvalue weighted by atomic mass is 10.2. The normalized spacial score (nSPS) is 10.8. The van der Waals surface area contributed by atoms with Crippen LogP contribution in [-0.4, -0.2) is 21.7 Å². The molecule has 0 amide bonds. The minimum atomic E-state index is 0.262. The highest BCUT2D eigenvalue weighted by molar-refractivity contribution is 5.29. The molecule has 0 aliphatic rings. The largest absolute Gasteiger partial charge is 0.482 e. The van der Waals surface area contributed by atoms with Gasteiger partial charge in [-0.15, -0.1) is 0 Å². The van der Waals surface area contributed by atoms with E-state index < -0.39 is 0 Å². The molecule has 0 aliphatic carbocycles. The zero-order chi connectivity index (χ0) is 15.1. The molecule has 2 heterocycles. The third-order valence-corrected chi connectivity index (χ3v) is 2.97. The molecule has 2 aromatic heterocycles. The summed E-state index contributed by atoms with van der Waals surface area (Å²) in [6.45, 7) is 8.00. The minimum Gasteiger partial charge on any atom is -0.482 e. The van der Waals surface area contributed by atoms with E-state index in [1.807, 2.05) is 26.0 Å². The molecular formula is C15H22N4O2. The Bertz CT molecular complexity index is 569. The van der Waals surface area contributed by atoms with Gasteiger partial charge in [-0.25, -0.2) is 0 Å². The second-order valence-electron chi connectivity index (χ2n) is 4.82. The summed E-state index contributed by atoms with van der Waals surface area (Å²) in [4.78, 5) is 8.75. The lowest BCUT2D eigenvalue weighted by Gasteiger charge is -2.10. The lowest BCUT2D eigenvalue weighted by Crippen LogP contribution is -2.16. The molecular weight excluding hydrogens is 268 g/mol. The van der Waals surface area contributed by atoms with Gasteiger partial charge in [0.2, 0.25) is 0 Å². The summed E-state index contributed by atoms with van der Waals surface area (Å²) in [7, 11) is 0. The fourth-order valence-electron chi connectivity index (χ4n) is 1.87. The van der Waals surface area contributed by atoms with E-state index in [2.05, 4.69) is 27.4 Å². The van der Waals surface area contributed by atoms with Crippen LogP contribution in [0.2, 0.25) is 0 Å². The molecule has 0 atom stereocenters. The third-order valence-electron chi connectivity index (χ3n) is 2.97. The predicted molar refractivity (Wildman–Crippen MR) is 79.0 cm³/mol.